The number of anilines is 1. The number of piperidine rings is 1. The van der Waals surface area contributed by atoms with Gasteiger partial charge in [-0.25, -0.2) is 0 Å². The molecule has 9 nitrogen and oxygen atoms in total. The van der Waals surface area contributed by atoms with Crippen molar-refractivity contribution in [2.75, 3.05) is 5.32 Å². The number of hydrogen-bond acceptors (Lipinski definition) is 6. The minimum Gasteiger partial charge on any atom is -0.326 e. The Balaban J connectivity index is 2.15. The second-order valence-corrected chi connectivity index (χ2v) is 5.19. The molecule has 1 fully saturated rings. The van der Waals surface area contributed by atoms with E-state index >= 15 is 0 Å². The second kappa shape index (κ2) is 5.59. The highest BCUT2D eigenvalue weighted by atomic mass is 16.2. The molecule has 23 heavy (non-hydrogen) atoms. The molecule has 118 valence electrons. The summed E-state index contributed by atoms with van der Waals surface area (Å²) in [5.41, 5.74) is 0.0644. The van der Waals surface area contributed by atoms with Gasteiger partial charge in [0.25, 0.3) is 11.5 Å². The second-order valence-electron chi connectivity index (χ2n) is 5.19. The Hall–Kier alpha value is -3.10. The molecular weight excluding hydrogens is 302 g/mol. The van der Waals surface area contributed by atoms with Crippen LogP contribution in [0, 0.1) is 0 Å². The van der Waals surface area contributed by atoms with Crippen molar-refractivity contribution in [2.24, 2.45) is 0 Å². The number of imide groups is 1. The summed E-state index contributed by atoms with van der Waals surface area (Å²) in [5.74, 6) is -1.30. The van der Waals surface area contributed by atoms with Crippen LogP contribution >= 0.6 is 0 Å². The molecule has 0 spiro atoms. The van der Waals surface area contributed by atoms with Gasteiger partial charge in [0.2, 0.25) is 11.8 Å². The minimum absolute atomic E-state index is 0.121. The van der Waals surface area contributed by atoms with E-state index < -0.39 is 17.5 Å². The molecule has 1 aromatic heterocycles. The van der Waals surface area contributed by atoms with Gasteiger partial charge in [-0.1, -0.05) is 11.3 Å². The van der Waals surface area contributed by atoms with Crippen LogP contribution in [0.5, 0.6) is 0 Å². The average Bonchev–Trinajstić information content (AvgIpc) is 2.48. The highest BCUT2D eigenvalue weighted by Crippen LogP contribution is 2.20. The number of nitrogens with one attached hydrogen (secondary N) is 2. The van der Waals surface area contributed by atoms with Crippen molar-refractivity contribution in [2.45, 2.75) is 25.8 Å². The van der Waals surface area contributed by atoms with E-state index in [1.165, 1.54) is 6.92 Å². The molecule has 0 bridgehead atoms. The normalized spacial score (nSPS) is 17.9. The number of carbonyl (C=O) groups is 3. The number of carbonyl (C=O) groups excluding carboxylic acids is 3. The molecule has 0 saturated carbocycles. The van der Waals surface area contributed by atoms with Gasteiger partial charge in [0.1, 0.15) is 11.6 Å². The van der Waals surface area contributed by atoms with Crippen molar-refractivity contribution in [1.82, 2.24) is 20.3 Å². The zero-order chi connectivity index (χ0) is 16.6. The monoisotopic (exact) mass is 315 g/mol. The summed E-state index contributed by atoms with van der Waals surface area (Å²) in [7, 11) is 0. The molecule has 9 heteroatoms. The standard InChI is InChI=1S/C14H13N5O4/c1-7(20)15-8-3-2-4-9-12(8)14(23)19(18-17-9)10-5-6-11(21)16-13(10)22/h2-4,10H,5-6H2,1H3,(H,15,20)(H,16,21,22). The average molecular weight is 315 g/mol. The minimum atomic E-state index is -0.900. The van der Waals surface area contributed by atoms with E-state index in [4.69, 9.17) is 0 Å². The van der Waals surface area contributed by atoms with Gasteiger partial charge in [0.05, 0.1) is 11.1 Å². The fraction of sp³-hybridized carbons (Fsp3) is 0.286. The number of amides is 3. The fourth-order valence-electron chi connectivity index (χ4n) is 2.51. The first kappa shape index (κ1) is 14.8. The van der Waals surface area contributed by atoms with Gasteiger partial charge >= 0.3 is 0 Å². The predicted molar refractivity (Wildman–Crippen MR) is 79.5 cm³/mol. The smallest absolute Gasteiger partial charge is 0.280 e. The zero-order valence-corrected chi connectivity index (χ0v) is 12.2. The zero-order valence-electron chi connectivity index (χ0n) is 12.2. The molecule has 1 saturated heterocycles. The Morgan fingerprint density at radius 1 is 1.35 bits per heavy atom. The van der Waals surface area contributed by atoms with Crippen molar-refractivity contribution >= 4 is 34.3 Å². The van der Waals surface area contributed by atoms with Crippen LogP contribution in [0.3, 0.4) is 0 Å². The SMILES string of the molecule is CC(=O)Nc1cccc2nnn(C3CCC(=O)NC3=O)c(=O)c12. The van der Waals surface area contributed by atoms with Crippen molar-refractivity contribution < 1.29 is 14.4 Å². The molecule has 3 rings (SSSR count). The third kappa shape index (κ3) is 2.68. The number of benzene rings is 1. The van der Waals surface area contributed by atoms with Crippen LogP contribution in [0.2, 0.25) is 0 Å². The van der Waals surface area contributed by atoms with Gasteiger partial charge in [-0.05, 0) is 18.6 Å². The van der Waals surface area contributed by atoms with E-state index in [9.17, 15) is 19.2 Å². The third-order valence-corrected chi connectivity index (χ3v) is 3.53. The van der Waals surface area contributed by atoms with E-state index in [0.29, 0.717) is 11.2 Å². The van der Waals surface area contributed by atoms with Crippen LogP contribution in [0.25, 0.3) is 10.9 Å². The molecule has 1 unspecified atom stereocenters. The van der Waals surface area contributed by atoms with Gasteiger partial charge < -0.3 is 5.32 Å². The van der Waals surface area contributed by atoms with Gasteiger partial charge in [0, 0.05) is 13.3 Å². The van der Waals surface area contributed by atoms with Crippen LogP contribution in [-0.2, 0) is 14.4 Å². The molecule has 1 aliphatic rings. The Morgan fingerprint density at radius 3 is 2.83 bits per heavy atom. The molecule has 0 aliphatic carbocycles. The number of aromatic nitrogens is 3. The summed E-state index contributed by atoms with van der Waals surface area (Å²) in [4.78, 5) is 47.1. The first-order valence-corrected chi connectivity index (χ1v) is 6.97. The van der Waals surface area contributed by atoms with Crippen LogP contribution in [0.1, 0.15) is 25.8 Å². The Kier molecular flexibility index (Phi) is 3.61. The summed E-state index contributed by atoms with van der Waals surface area (Å²) < 4.78 is 0.954. The van der Waals surface area contributed by atoms with Gasteiger partial charge in [-0.2, -0.15) is 4.68 Å². The molecule has 1 aliphatic heterocycles. The van der Waals surface area contributed by atoms with E-state index in [2.05, 4.69) is 20.9 Å². The van der Waals surface area contributed by atoms with E-state index in [0.717, 1.165) is 4.68 Å². The lowest BCUT2D eigenvalue weighted by atomic mass is 10.1. The number of fused-ring (bicyclic) bond motifs is 1. The lowest BCUT2D eigenvalue weighted by Gasteiger charge is -2.21. The highest BCUT2D eigenvalue weighted by Gasteiger charge is 2.30. The predicted octanol–water partition coefficient (Wildman–Crippen LogP) is -0.272. The number of hydrogen-bond donors (Lipinski definition) is 2. The summed E-state index contributed by atoms with van der Waals surface area (Å²) in [6, 6.07) is 3.89. The molecule has 1 atom stereocenters. The van der Waals surface area contributed by atoms with Crippen LogP contribution < -0.4 is 16.2 Å². The number of rotatable bonds is 2. The van der Waals surface area contributed by atoms with Crippen molar-refractivity contribution in [1.29, 1.82) is 0 Å². The first-order valence-electron chi connectivity index (χ1n) is 6.97. The maximum absolute atomic E-state index is 12.7. The molecule has 2 heterocycles. The van der Waals surface area contributed by atoms with Gasteiger partial charge in [-0.3, -0.25) is 24.5 Å². The Morgan fingerprint density at radius 2 is 2.13 bits per heavy atom. The van der Waals surface area contributed by atoms with Crippen LogP contribution in [0.15, 0.2) is 23.0 Å². The lowest BCUT2D eigenvalue weighted by Crippen LogP contribution is -2.45. The first-order chi connectivity index (χ1) is 11.0. The van der Waals surface area contributed by atoms with Crippen molar-refractivity contribution in [3.05, 3.63) is 28.6 Å². The summed E-state index contributed by atoms with van der Waals surface area (Å²) >= 11 is 0. The molecule has 3 amide bonds. The third-order valence-electron chi connectivity index (χ3n) is 3.53. The maximum atomic E-state index is 12.7. The van der Waals surface area contributed by atoms with Crippen molar-refractivity contribution in [3.63, 3.8) is 0 Å². The topological polar surface area (TPSA) is 123 Å². The quantitative estimate of drug-likeness (QED) is 0.735. The van der Waals surface area contributed by atoms with Crippen LogP contribution in [-0.4, -0.2) is 32.7 Å². The van der Waals surface area contributed by atoms with E-state index in [-0.39, 0.29) is 30.0 Å². The molecule has 1 aromatic carbocycles. The molecule has 2 aromatic rings. The summed E-state index contributed by atoms with van der Waals surface area (Å²) in [6.45, 7) is 1.33. The maximum Gasteiger partial charge on any atom is 0.280 e. The molecule has 0 radical (unpaired) electrons. The number of nitrogens with zero attached hydrogens (tertiary/aromatic N) is 3. The van der Waals surface area contributed by atoms with E-state index in [1.807, 2.05) is 0 Å². The fourth-order valence-corrected chi connectivity index (χ4v) is 2.51. The van der Waals surface area contributed by atoms with Crippen molar-refractivity contribution in [3.8, 4) is 0 Å². The Bertz CT molecular complexity index is 888. The lowest BCUT2D eigenvalue weighted by molar-refractivity contribution is -0.136. The summed E-state index contributed by atoms with van der Waals surface area (Å²) in [6.07, 6.45) is 0.295. The van der Waals surface area contributed by atoms with Gasteiger partial charge in [0.15, 0.2) is 0 Å². The Labute approximate surface area is 129 Å². The largest absolute Gasteiger partial charge is 0.326 e. The highest BCUT2D eigenvalue weighted by molar-refractivity contribution is 6.01. The molecule has 2 N–H and O–H groups in total. The van der Waals surface area contributed by atoms with Crippen LogP contribution in [0.4, 0.5) is 5.69 Å². The van der Waals surface area contributed by atoms with E-state index in [1.54, 1.807) is 18.2 Å². The summed E-state index contributed by atoms with van der Waals surface area (Å²) in [5, 5.41) is 12.6. The molecular formula is C14H13N5O4. The van der Waals surface area contributed by atoms with Gasteiger partial charge in [-0.15, -0.1) is 5.10 Å².